The van der Waals surface area contributed by atoms with E-state index in [9.17, 15) is 21.6 Å². The summed E-state index contributed by atoms with van der Waals surface area (Å²) in [7, 11) is -2.24. The Bertz CT molecular complexity index is 931. The van der Waals surface area contributed by atoms with Gasteiger partial charge in [0.2, 0.25) is 10.0 Å². The van der Waals surface area contributed by atoms with Crippen LogP contribution in [-0.4, -0.2) is 51.9 Å². The zero-order chi connectivity index (χ0) is 21.2. The molecule has 1 aliphatic rings. The molecule has 1 unspecified atom stereocenters. The molecule has 0 bridgehead atoms. The first-order valence-electron chi connectivity index (χ1n) is 8.87. The van der Waals surface area contributed by atoms with E-state index in [2.05, 4.69) is 9.64 Å². The smallest absolute Gasteiger partial charge is 0.497 e. The first-order chi connectivity index (χ1) is 13.6. The molecule has 1 fully saturated rings. The molecule has 0 aromatic heterocycles. The maximum absolute atomic E-state index is 12.9. The lowest BCUT2D eigenvalue weighted by molar-refractivity contribution is -0.274. The number of nitrogens with zero attached hydrogens (tertiary/aromatic N) is 2. The van der Waals surface area contributed by atoms with Crippen LogP contribution in [0.4, 0.5) is 18.9 Å². The highest BCUT2D eigenvalue weighted by molar-refractivity contribution is 7.89. The van der Waals surface area contributed by atoms with Crippen LogP contribution in [0.1, 0.15) is 6.92 Å². The molecule has 0 spiro atoms. The third kappa shape index (κ3) is 4.94. The number of rotatable bonds is 5. The molecular formula is C19H21F3N2O4S. The van der Waals surface area contributed by atoms with E-state index in [-0.39, 0.29) is 24.0 Å². The van der Waals surface area contributed by atoms with E-state index in [1.807, 2.05) is 31.2 Å². The van der Waals surface area contributed by atoms with Crippen LogP contribution >= 0.6 is 0 Å². The fourth-order valence-corrected chi connectivity index (χ4v) is 4.77. The molecule has 1 saturated heterocycles. The van der Waals surface area contributed by atoms with Gasteiger partial charge in [-0.15, -0.1) is 13.2 Å². The van der Waals surface area contributed by atoms with Crippen LogP contribution in [0.15, 0.2) is 53.4 Å². The molecule has 1 atom stereocenters. The van der Waals surface area contributed by atoms with Crippen LogP contribution in [0.5, 0.6) is 11.5 Å². The van der Waals surface area contributed by atoms with Gasteiger partial charge in [0.25, 0.3) is 0 Å². The second-order valence-corrected chi connectivity index (χ2v) is 8.56. The van der Waals surface area contributed by atoms with Crippen LogP contribution in [-0.2, 0) is 10.0 Å². The van der Waals surface area contributed by atoms with Crippen molar-refractivity contribution in [1.29, 1.82) is 0 Å². The summed E-state index contributed by atoms with van der Waals surface area (Å²) in [5, 5.41) is 0. The molecule has 29 heavy (non-hydrogen) atoms. The first-order valence-corrected chi connectivity index (χ1v) is 10.3. The van der Waals surface area contributed by atoms with E-state index in [0.717, 1.165) is 35.7 Å². The van der Waals surface area contributed by atoms with Crippen molar-refractivity contribution in [2.24, 2.45) is 0 Å². The fraction of sp³-hybridized carbons (Fsp3) is 0.368. The van der Waals surface area contributed by atoms with Crippen LogP contribution in [0.2, 0.25) is 0 Å². The van der Waals surface area contributed by atoms with E-state index < -0.39 is 22.1 Å². The third-order valence-corrected chi connectivity index (χ3v) is 6.57. The SMILES string of the molecule is COc1ccc(N2CCN(S(=O)(=O)c3ccc(OC(F)(F)F)cc3)CC2C)cc1. The summed E-state index contributed by atoms with van der Waals surface area (Å²) in [5.74, 6) is 0.273. The van der Waals surface area contributed by atoms with Crippen LogP contribution in [0.3, 0.4) is 0 Å². The molecular weight excluding hydrogens is 409 g/mol. The molecule has 2 aromatic carbocycles. The average molecular weight is 430 g/mol. The number of alkyl halides is 3. The van der Waals surface area contributed by atoms with E-state index in [1.165, 1.54) is 4.31 Å². The first kappa shape index (κ1) is 21.3. The van der Waals surface area contributed by atoms with Crippen LogP contribution in [0.25, 0.3) is 0 Å². The van der Waals surface area contributed by atoms with Crippen molar-refractivity contribution >= 4 is 15.7 Å². The van der Waals surface area contributed by atoms with Gasteiger partial charge >= 0.3 is 6.36 Å². The Morgan fingerprint density at radius 1 is 0.966 bits per heavy atom. The molecule has 0 N–H and O–H groups in total. The fourth-order valence-electron chi connectivity index (χ4n) is 3.26. The number of sulfonamides is 1. The predicted octanol–water partition coefficient (Wildman–Crippen LogP) is 3.49. The Kier molecular flexibility index (Phi) is 5.95. The summed E-state index contributed by atoms with van der Waals surface area (Å²) in [5.41, 5.74) is 0.962. The van der Waals surface area contributed by atoms with Gasteiger partial charge < -0.3 is 14.4 Å². The van der Waals surface area contributed by atoms with Gasteiger partial charge in [-0.2, -0.15) is 4.31 Å². The van der Waals surface area contributed by atoms with Crippen molar-refractivity contribution in [3.05, 3.63) is 48.5 Å². The van der Waals surface area contributed by atoms with Gasteiger partial charge in [-0.1, -0.05) is 0 Å². The van der Waals surface area contributed by atoms with Crippen molar-refractivity contribution in [2.75, 3.05) is 31.6 Å². The molecule has 158 valence electrons. The second-order valence-electron chi connectivity index (χ2n) is 6.62. The number of ether oxygens (including phenoxy) is 2. The highest BCUT2D eigenvalue weighted by Crippen LogP contribution is 2.28. The number of halogens is 3. The Hall–Kier alpha value is -2.46. The molecule has 0 saturated carbocycles. The zero-order valence-corrected chi connectivity index (χ0v) is 16.7. The van der Waals surface area contributed by atoms with Gasteiger partial charge in [0.15, 0.2) is 0 Å². The number of piperazine rings is 1. The standard InChI is InChI=1S/C19H21F3N2O4S/c1-14-13-23(11-12-24(14)15-3-5-16(27-2)6-4-15)29(25,26)18-9-7-17(8-10-18)28-19(20,21)22/h3-10,14H,11-13H2,1-2H3. The number of benzene rings is 2. The van der Waals surface area contributed by atoms with Crippen molar-refractivity contribution < 1.29 is 31.1 Å². The number of methoxy groups -OCH3 is 1. The lowest BCUT2D eigenvalue weighted by Crippen LogP contribution is -2.53. The molecule has 1 aliphatic heterocycles. The number of hydrogen-bond donors (Lipinski definition) is 0. The minimum atomic E-state index is -4.83. The number of anilines is 1. The van der Waals surface area contributed by atoms with E-state index in [4.69, 9.17) is 4.74 Å². The Balaban J connectivity index is 1.71. The van der Waals surface area contributed by atoms with Crippen molar-refractivity contribution in [3.63, 3.8) is 0 Å². The molecule has 3 rings (SSSR count). The summed E-state index contributed by atoms with van der Waals surface area (Å²) in [6.07, 6.45) is -4.83. The maximum Gasteiger partial charge on any atom is 0.573 e. The molecule has 10 heteroatoms. The quantitative estimate of drug-likeness (QED) is 0.727. The maximum atomic E-state index is 12.9. The van der Waals surface area contributed by atoms with Crippen molar-refractivity contribution in [2.45, 2.75) is 24.2 Å². The lowest BCUT2D eigenvalue weighted by Gasteiger charge is -2.40. The van der Waals surface area contributed by atoms with Crippen LogP contribution in [0, 0.1) is 0 Å². The largest absolute Gasteiger partial charge is 0.573 e. The highest BCUT2D eigenvalue weighted by atomic mass is 32.2. The van der Waals surface area contributed by atoms with Gasteiger partial charge in [-0.25, -0.2) is 8.42 Å². The molecule has 6 nitrogen and oxygen atoms in total. The summed E-state index contributed by atoms with van der Waals surface area (Å²) < 4.78 is 72.9. The van der Waals surface area contributed by atoms with Gasteiger partial charge in [-0.05, 0) is 55.5 Å². The van der Waals surface area contributed by atoms with Crippen molar-refractivity contribution in [1.82, 2.24) is 4.31 Å². The third-order valence-electron chi connectivity index (χ3n) is 4.69. The minimum absolute atomic E-state index is 0.0721. The minimum Gasteiger partial charge on any atom is -0.497 e. The Morgan fingerprint density at radius 3 is 2.07 bits per heavy atom. The molecule has 0 radical (unpaired) electrons. The Morgan fingerprint density at radius 2 is 1.55 bits per heavy atom. The normalized spacial score (nSPS) is 18.5. The Labute approximate surface area is 167 Å². The average Bonchev–Trinajstić information content (AvgIpc) is 2.67. The van der Waals surface area contributed by atoms with Gasteiger partial charge in [0.05, 0.1) is 12.0 Å². The van der Waals surface area contributed by atoms with Gasteiger partial charge in [0.1, 0.15) is 11.5 Å². The predicted molar refractivity (Wildman–Crippen MR) is 102 cm³/mol. The lowest BCUT2D eigenvalue weighted by atomic mass is 10.2. The molecule has 0 amide bonds. The molecule has 2 aromatic rings. The van der Waals surface area contributed by atoms with E-state index in [0.29, 0.717) is 6.54 Å². The number of hydrogen-bond acceptors (Lipinski definition) is 5. The van der Waals surface area contributed by atoms with Crippen molar-refractivity contribution in [3.8, 4) is 11.5 Å². The molecule has 0 aliphatic carbocycles. The monoisotopic (exact) mass is 430 g/mol. The summed E-state index contributed by atoms with van der Waals surface area (Å²) >= 11 is 0. The van der Waals surface area contributed by atoms with Gasteiger partial charge in [0, 0.05) is 31.4 Å². The molecule has 1 heterocycles. The van der Waals surface area contributed by atoms with E-state index >= 15 is 0 Å². The van der Waals surface area contributed by atoms with E-state index in [1.54, 1.807) is 7.11 Å². The van der Waals surface area contributed by atoms with Gasteiger partial charge in [-0.3, -0.25) is 0 Å². The van der Waals surface area contributed by atoms with Crippen LogP contribution < -0.4 is 14.4 Å². The highest BCUT2D eigenvalue weighted by Gasteiger charge is 2.33. The topological polar surface area (TPSA) is 59.1 Å². The summed E-state index contributed by atoms with van der Waals surface area (Å²) in [4.78, 5) is 2.03. The summed E-state index contributed by atoms with van der Waals surface area (Å²) in [6.45, 7) is 2.93. The second kappa shape index (κ2) is 8.11. The summed E-state index contributed by atoms with van der Waals surface area (Å²) in [6, 6.07) is 11.7. The zero-order valence-electron chi connectivity index (χ0n) is 15.9.